The van der Waals surface area contributed by atoms with Crippen LogP contribution in [0.15, 0.2) is 47.6 Å². The van der Waals surface area contributed by atoms with Crippen molar-refractivity contribution in [3.8, 4) is 0 Å². The lowest BCUT2D eigenvalue weighted by atomic mass is 9.97. The normalized spacial score (nSPS) is 15.7. The third-order valence-electron chi connectivity index (χ3n) is 5.84. The second-order valence-electron chi connectivity index (χ2n) is 8.22. The van der Waals surface area contributed by atoms with Gasteiger partial charge in [-0.05, 0) is 32.3 Å². The van der Waals surface area contributed by atoms with Crippen molar-refractivity contribution in [3.63, 3.8) is 0 Å². The van der Waals surface area contributed by atoms with Crippen LogP contribution in [0, 0.1) is 19.8 Å². The molecule has 1 amide bonds. The molecule has 9 nitrogen and oxygen atoms in total. The molecular formula is C22H28N6O3S. The Bertz CT molecular complexity index is 1190. The molecule has 2 aromatic heterocycles. The lowest BCUT2D eigenvalue weighted by Gasteiger charge is -2.29. The van der Waals surface area contributed by atoms with Gasteiger partial charge in [0.2, 0.25) is 5.91 Å². The second-order valence-corrected chi connectivity index (χ2v) is 10.1. The summed E-state index contributed by atoms with van der Waals surface area (Å²) < 4.78 is 30.6. The summed E-state index contributed by atoms with van der Waals surface area (Å²) in [5, 5.41) is 7.55. The number of anilines is 1. The molecule has 3 heterocycles. The molecule has 32 heavy (non-hydrogen) atoms. The first kappa shape index (κ1) is 22.2. The molecule has 10 heteroatoms. The number of nitrogens with zero attached hydrogens (tertiary/aromatic N) is 5. The number of nitrogens with one attached hydrogen (secondary N) is 1. The minimum absolute atomic E-state index is 0.0562. The molecule has 0 radical (unpaired) electrons. The van der Waals surface area contributed by atoms with Crippen LogP contribution in [0.3, 0.4) is 0 Å². The van der Waals surface area contributed by atoms with E-state index in [-0.39, 0.29) is 16.9 Å². The van der Waals surface area contributed by atoms with E-state index in [0.29, 0.717) is 44.1 Å². The van der Waals surface area contributed by atoms with Crippen molar-refractivity contribution in [2.24, 2.45) is 13.0 Å². The molecule has 0 bridgehead atoms. The van der Waals surface area contributed by atoms with Crippen molar-refractivity contribution in [3.05, 3.63) is 59.7 Å². The van der Waals surface area contributed by atoms with Gasteiger partial charge in [0.15, 0.2) is 5.03 Å². The highest BCUT2D eigenvalue weighted by molar-refractivity contribution is 7.89. The minimum Gasteiger partial charge on any atom is -0.337 e. The number of carbonyl (C=O) groups excluding carboxylic acids is 1. The molecule has 0 saturated carbocycles. The molecule has 1 saturated heterocycles. The van der Waals surface area contributed by atoms with Crippen molar-refractivity contribution in [2.75, 3.05) is 18.4 Å². The van der Waals surface area contributed by atoms with Gasteiger partial charge in [0, 0.05) is 38.3 Å². The molecular weight excluding hydrogens is 428 g/mol. The van der Waals surface area contributed by atoms with E-state index in [0.717, 1.165) is 11.3 Å². The zero-order chi connectivity index (χ0) is 22.9. The minimum atomic E-state index is -3.65. The van der Waals surface area contributed by atoms with Crippen molar-refractivity contribution in [1.82, 2.24) is 23.6 Å². The molecule has 1 N–H and O–H groups in total. The Morgan fingerprint density at radius 1 is 1.16 bits per heavy atom. The number of aryl methyl sites for hydroxylation is 3. The smallest absolute Gasteiger partial charge is 0.262 e. The Labute approximate surface area is 188 Å². The highest BCUT2D eigenvalue weighted by atomic mass is 32.2. The van der Waals surface area contributed by atoms with Crippen molar-refractivity contribution < 1.29 is 13.2 Å². The van der Waals surface area contributed by atoms with Gasteiger partial charge in [-0.2, -0.15) is 9.40 Å². The largest absolute Gasteiger partial charge is 0.337 e. The average molecular weight is 457 g/mol. The van der Waals surface area contributed by atoms with E-state index < -0.39 is 10.0 Å². The van der Waals surface area contributed by atoms with Crippen LogP contribution in [0.5, 0.6) is 0 Å². The van der Waals surface area contributed by atoms with Crippen LogP contribution in [0.4, 0.5) is 5.82 Å². The van der Waals surface area contributed by atoms with Crippen molar-refractivity contribution in [2.45, 2.75) is 38.3 Å². The third-order valence-corrected chi connectivity index (χ3v) is 7.61. The fraction of sp³-hybridized carbons (Fsp3) is 0.409. The standard InChI is InChI=1S/C22H28N6O3S/c1-16-13-20(28(25-16)14-18-7-5-4-6-8-18)24-22(29)19-9-11-27(12-10-19)32(30,31)21-15-26(3)17(2)23-21/h4-8,13,15,19H,9-12,14H2,1-3H3,(H,24,29). The van der Waals surface area contributed by atoms with Gasteiger partial charge in [-0.3, -0.25) is 4.79 Å². The van der Waals surface area contributed by atoms with Crippen LogP contribution in [0.25, 0.3) is 0 Å². The zero-order valence-corrected chi connectivity index (χ0v) is 19.3. The number of hydrogen-bond donors (Lipinski definition) is 1. The van der Waals surface area contributed by atoms with Crippen LogP contribution in [-0.4, -0.2) is 51.1 Å². The van der Waals surface area contributed by atoms with Gasteiger partial charge in [0.1, 0.15) is 11.6 Å². The van der Waals surface area contributed by atoms with Gasteiger partial charge in [0.25, 0.3) is 10.0 Å². The monoisotopic (exact) mass is 456 g/mol. The van der Waals surface area contributed by atoms with E-state index in [4.69, 9.17) is 0 Å². The Morgan fingerprint density at radius 3 is 2.47 bits per heavy atom. The topological polar surface area (TPSA) is 102 Å². The maximum Gasteiger partial charge on any atom is 0.262 e. The fourth-order valence-corrected chi connectivity index (χ4v) is 5.39. The van der Waals surface area contributed by atoms with Crippen molar-refractivity contribution in [1.29, 1.82) is 0 Å². The predicted octanol–water partition coefficient (Wildman–Crippen LogP) is 2.32. The molecule has 0 aliphatic carbocycles. The van der Waals surface area contributed by atoms with Gasteiger partial charge in [-0.25, -0.2) is 18.1 Å². The molecule has 1 fully saturated rings. The average Bonchev–Trinajstić information content (AvgIpc) is 3.30. The Morgan fingerprint density at radius 2 is 1.84 bits per heavy atom. The molecule has 0 atom stereocenters. The van der Waals surface area contributed by atoms with Crippen LogP contribution in [0.2, 0.25) is 0 Å². The van der Waals surface area contributed by atoms with Gasteiger partial charge in [0.05, 0.1) is 12.2 Å². The number of aromatic nitrogens is 4. The highest BCUT2D eigenvalue weighted by Gasteiger charge is 2.33. The van der Waals surface area contributed by atoms with Gasteiger partial charge in [-0.1, -0.05) is 30.3 Å². The van der Waals surface area contributed by atoms with E-state index in [2.05, 4.69) is 15.4 Å². The molecule has 170 valence electrons. The quantitative estimate of drug-likeness (QED) is 0.613. The summed E-state index contributed by atoms with van der Waals surface area (Å²) in [7, 11) is -1.89. The first-order valence-electron chi connectivity index (χ1n) is 10.6. The predicted molar refractivity (Wildman–Crippen MR) is 121 cm³/mol. The molecule has 4 rings (SSSR count). The summed E-state index contributed by atoms with van der Waals surface area (Å²) in [6.07, 6.45) is 2.45. The molecule has 1 aromatic carbocycles. The number of hydrogen-bond acceptors (Lipinski definition) is 5. The number of imidazole rings is 1. The fourth-order valence-electron chi connectivity index (χ4n) is 3.89. The van der Waals surface area contributed by atoms with Gasteiger partial charge < -0.3 is 9.88 Å². The van der Waals surface area contributed by atoms with E-state index in [1.807, 2.05) is 43.3 Å². The number of rotatable bonds is 6. The highest BCUT2D eigenvalue weighted by Crippen LogP contribution is 2.25. The lowest BCUT2D eigenvalue weighted by molar-refractivity contribution is -0.121. The molecule has 0 unspecified atom stereocenters. The maximum atomic E-state index is 12.9. The van der Waals surface area contributed by atoms with Crippen LogP contribution in [0.1, 0.15) is 29.9 Å². The first-order chi connectivity index (χ1) is 15.2. The first-order valence-corrected chi connectivity index (χ1v) is 12.1. The summed E-state index contributed by atoms with van der Waals surface area (Å²) in [4.78, 5) is 17.1. The summed E-state index contributed by atoms with van der Waals surface area (Å²) in [6, 6.07) is 11.8. The summed E-state index contributed by atoms with van der Waals surface area (Å²) in [5.74, 6) is 0.924. The molecule has 3 aromatic rings. The van der Waals surface area contributed by atoms with Gasteiger partial charge in [-0.15, -0.1) is 0 Å². The van der Waals surface area contributed by atoms with E-state index in [9.17, 15) is 13.2 Å². The molecule has 0 spiro atoms. The second kappa shape index (κ2) is 8.87. The third kappa shape index (κ3) is 4.61. The zero-order valence-electron chi connectivity index (χ0n) is 18.5. The Hall–Kier alpha value is -2.98. The van der Waals surface area contributed by atoms with E-state index in [1.165, 1.54) is 10.5 Å². The van der Waals surface area contributed by atoms with E-state index >= 15 is 0 Å². The van der Waals surface area contributed by atoms with E-state index in [1.54, 1.807) is 23.2 Å². The summed E-state index contributed by atoms with van der Waals surface area (Å²) >= 11 is 0. The van der Waals surface area contributed by atoms with Crippen LogP contribution < -0.4 is 5.32 Å². The number of amides is 1. The Kier molecular flexibility index (Phi) is 6.16. The van der Waals surface area contributed by atoms with Gasteiger partial charge >= 0.3 is 0 Å². The summed E-state index contributed by atoms with van der Waals surface area (Å²) in [5.41, 5.74) is 1.91. The number of benzene rings is 1. The number of sulfonamides is 1. The number of carbonyl (C=O) groups is 1. The molecule has 1 aliphatic rings. The van der Waals surface area contributed by atoms with Crippen molar-refractivity contribution >= 4 is 21.7 Å². The van der Waals surface area contributed by atoms with Crippen LogP contribution >= 0.6 is 0 Å². The molecule has 1 aliphatic heterocycles. The Balaban J connectivity index is 1.39. The van der Waals surface area contributed by atoms with Crippen LogP contribution in [-0.2, 0) is 28.4 Å². The number of piperidine rings is 1. The lowest BCUT2D eigenvalue weighted by Crippen LogP contribution is -2.41. The summed E-state index contributed by atoms with van der Waals surface area (Å²) in [6.45, 7) is 4.79. The maximum absolute atomic E-state index is 12.9. The SMILES string of the molecule is Cc1cc(NC(=O)C2CCN(S(=O)(=O)c3cn(C)c(C)n3)CC2)n(Cc2ccccc2)n1.